The van der Waals surface area contributed by atoms with E-state index in [4.69, 9.17) is 4.74 Å². The molecule has 0 radical (unpaired) electrons. The van der Waals surface area contributed by atoms with Crippen LogP contribution < -0.4 is 0 Å². The molecule has 0 heterocycles. The minimum absolute atomic E-state index is 0.600. The highest BCUT2D eigenvalue weighted by molar-refractivity contribution is 4.86. The van der Waals surface area contributed by atoms with Crippen LogP contribution in [0.1, 0.15) is 38.5 Å². The van der Waals surface area contributed by atoms with Gasteiger partial charge in [0.05, 0.1) is 6.10 Å². The Labute approximate surface area is 69.1 Å². The summed E-state index contributed by atoms with van der Waals surface area (Å²) in [6, 6.07) is 0. The van der Waals surface area contributed by atoms with E-state index in [1.807, 2.05) is 7.11 Å². The molecule has 2 aliphatic carbocycles. The standard InChI is InChI=1S/C10H18O/c1-11-10-6-8-4-2-3-5-9(8)7-10/h8-10H,2-7H2,1H3/t8-,9+,10?. The quantitative estimate of drug-likeness (QED) is 0.564. The number of hydrogen-bond donors (Lipinski definition) is 0. The van der Waals surface area contributed by atoms with Gasteiger partial charge in [0.15, 0.2) is 0 Å². The molecular formula is C10H18O. The molecule has 1 unspecified atom stereocenters. The lowest BCUT2D eigenvalue weighted by molar-refractivity contribution is 0.103. The predicted octanol–water partition coefficient (Wildman–Crippen LogP) is 2.60. The van der Waals surface area contributed by atoms with Crippen LogP contribution in [0.25, 0.3) is 0 Å². The van der Waals surface area contributed by atoms with Crippen molar-refractivity contribution >= 4 is 0 Å². The normalized spacial score (nSPS) is 43.9. The molecule has 2 saturated carbocycles. The van der Waals surface area contributed by atoms with Gasteiger partial charge >= 0.3 is 0 Å². The summed E-state index contributed by atoms with van der Waals surface area (Å²) in [5, 5.41) is 0. The first-order chi connectivity index (χ1) is 5.40. The predicted molar refractivity (Wildman–Crippen MR) is 45.5 cm³/mol. The van der Waals surface area contributed by atoms with E-state index in [-0.39, 0.29) is 0 Å². The fourth-order valence-electron chi connectivity index (χ4n) is 2.87. The van der Waals surface area contributed by atoms with E-state index in [1.165, 1.54) is 38.5 Å². The summed E-state index contributed by atoms with van der Waals surface area (Å²) in [5.74, 6) is 2.04. The summed E-state index contributed by atoms with van der Waals surface area (Å²) in [6.07, 6.45) is 9.19. The largest absolute Gasteiger partial charge is 0.381 e. The van der Waals surface area contributed by atoms with Gasteiger partial charge in [0.25, 0.3) is 0 Å². The van der Waals surface area contributed by atoms with Crippen LogP contribution in [-0.2, 0) is 4.74 Å². The number of rotatable bonds is 1. The third kappa shape index (κ3) is 1.44. The molecule has 0 aromatic carbocycles. The van der Waals surface area contributed by atoms with Crippen molar-refractivity contribution in [2.24, 2.45) is 11.8 Å². The number of methoxy groups -OCH3 is 1. The Morgan fingerprint density at radius 3 is 2.00 bits per heavy atom. The summed E-state index contributed by atoms with van der Waals surface area (Å²) >= 11 is 0. The number of hydrogen-bond acceptors (Lipinski definition) is 1. The van der Waals surface area contributed by atoms with E-state index >= 15 is 0 Å². The van der Waals surface area contributed by atoms with Gasteiger partial charge in [-0.25, -0.2) is 0 Å². The summed E-state index contributed by atoms with van der Waals surface area (Å²) in [6.45, 7) is 0. The number of fused-ring (bicyclic) bond motifs is 1. The van der Waals surface area contributed by atoms with Crippen LogP contribution in [0.5, 0.6) is 0 Å². The van der Waals surface area contributed by atoms with Gasteiger partial charge in [0, 0.05) is 7.11 Å². The smallest absolute Gasteiger partial charge is 0.0576 e. The molecule has 11 heavy (non-hydrogen) atoms. The van der Waals surface area contributed by atoms with Crippen molar-refractivity contribution in [3.8, 4) is 0 Å². The van der Waals surface area contributed by atoms with Crippen LogP contribution in [0.3, 0.4) is 0 Å². The van der Waals surface area contributed by atoms with Crippen molar-refractivity contribution in [3.05, 3.63) is 0 Å². The van der Waals surface area contributed by atoms with E-state index in [9.17, 15) is 0 Å². The minimum Gasteiger partial charge on any atom is -0.381 e. The van der Waals surface area contributed by atoms with Crippen LogP contribution in [0.4, 0.5) is 0 Å². The highest BCUT2D eigenvalue weighted by atomic mass is 16.5. The second-order valence-electron chi connectivity index (χ2n) is 4.13. The lowest BCUT2D eigenvalue weighted by Crippen LogP contribution is -2.12. The Balaban J connectivity index is 1.92. The van der Waals surface area contributed by atoms with E-state index in [1.54, 1.807) is 0 Å². The highest BCUT2D eigenvalue weighted by Crippen LogP contribution is 2.42. The molecule has 2 aliphatic rings. The van der Waals surface area contributed by atoms with Gasteiger partial charge in [-0.15, -0.1) is 0 Å². The zero-order chi connectivity index (χ0) is 7.68. The summed E-state index contributed by atoms with van der Waals surface area (Å²) in [7, 11) is 1.86. The highest BCUT2D eigenvalue weighted by Gasteiger charge is 2.35. The SMILES string of the molecule is COC1C[C@H]2CCCC[C@H]2C1. The maximum absolute atomic E-state index is 5.40. The summed E-state index contributed by atoms with van der Waals surface area (Å²) in [4.78, 5) is 0. The third-order valence-corrected chi connectivity index (χ3v) is 3.53. The van der Waals surface area contributed by atoms with Crippen molar-refractivity contribution in [1.29, 1.82) is 0 Å². The Hall–Kier alpha value is -0.0400. The molecule has 0 saturated heterocycles. The minimum atomic E-state index is 0.600. The second-order valence-corrected chi connectivity index (χ2v) is 4.13. The van der Waals surface area contributed by atoms with Crippen molar-refractivity contribution in [3.63, 3.8) is 0 Å². The van der Waals surface area contributed by atoms with Gasteiger partial charge in [0.1, 0.15) is 0 Å². The van der Waals surface area contributed by atoms with Gasteiger partial charge in [-0.3, -0.25) is 0 Å². The van der Waals surface area contributed by atoms with Crippen LogP contribution in [0, 0.1) is 11.8 Å². The third-order valence-electron chi connectivity index (χ3n) is 3.53. The van der Waals surface area contributed by atoms with Gasteiger partial charge in [-0.05, 0) is 24.7 Å². The van der Waals surface area contributed by atoms with Crippen molar-refractivity contribution < 1.29 is 4.74 Å². The molecule has 0 N–H and O–H groups in total. The van der Waals surface area contributed by atoms with Gasteiger partial charge < -0.3 is 4.74 Å². The topological polar surface area (TPSA) is 9.23 Å². The Morgan fingerprint density at radius 1 is 1.00 bits per heavy atom. The molecule has 1 nitrogen and oxygen atoms in total. The lowest BCUT2D eigenvalue weighted by Gasteiger charge is -2.23. The Morgan fingerprint density at radius 2 is 1.55 bits per heavy atom. The molecule has 0 amide bonds. The molecule has 64 valence electrons. The monoisotopic (exact) mass is 154 g/mol. The Bertz CT molecular complexity index is 119. The maximum atomic E-state index is 5.40. The molecule has 3 atom stereocenters. The van der Waals surface area contributed by atoms with Crippen LogP contribution >= 0.6 is 0 Å². The zero-order valence-corrected chi connectivity index (χ0v) is 7.38. The van der Waals surface area contributed by atoms with Gasteiger partial charge in [-0.1, -0.05) is 25.7 Å². The first kappa shape index (κ1) is 7.60. The fraction of sp³-hybridized carbons (Fsp3) is 1.00. The molecule has 0 spiro atoms. The van der Waals surface area contributed by atoms with Crippen LogP contribution in [-0.4, -0.2) is 13.2 Å². The summed E-state index contributed by atoms with van der Waals surface area (Å²) in [5.41, 5.74) is 0. The molecule has 0 aromatic heterocycles. The summed E-state index contributed by atoms with van der Waals surface area (Å²) < 4.78 is 5.40. The van der Waals surface area contributed by atoms with E-state index < -0.39 is 0 Å². The van der Waals surface area contributed by atoms with E-state index in [2.05, 4.69) is 0 Å². The molecular weight excluding hydrogens is 136 g/mol. The molecule has 2 rings (SSSR count). The number of ether oxygens (including phenoxy) is 1. The van der Waals surface area contributed by atoms with Gasteiger partial charge in [-0.2, -0.15) is 0 Å². The van der Waals surface area contributed by atoms with Crippen molar-refractivity contribution in [1.82, 2.24) is 0 Å². The fourth-order valence-corrected chi connectivity index (χ4v) is 2.87. The molecule has 1 heteroatoms. The molecule has 0 bridgehead atoms. The van der Waals surface area contributed by atoms with Crippen molar-refractivity contribution in [2.75, 3.05) is 7.11 Å². The van der Waals surface area contributed by atoms with Gasteiger partial charge in [0.2, 0.25) is 0 Å². The van der Waals surface area contributed by atoms with Crippen LogP contribution in [0.2, 0.25) is 0 Å². The average Bonchev–Trinajstić information content (AvgIpc) is 2.46. The average molecular weight is 154 g/mol. The zero-order valence-electron chi connectivity index (χ0n) is 7.38. The molecule has 0 aromatic rings. The molecule has 0 aliphatic heterocycles. The first-order valence-electron chi connectivity index (χ1n) is 4.93. The van der Waals surface area contributed by atoms with Crippen molar-refractivity contribution in [2.45, 2.75) is 44.6 Å². The first-order valence-corrected chi connectivity index (χ1v) is 4.93. The lowest BCUT2D eigenvalue weighted by atomic mass is 9.82. The molecule has 2 fully saturated rings. The maximum Gasteiger partial charge on any atom is 0.0576 e. The van der Waals surface area contributed by atoms with Crippen LogP contribution in [0.15, 0.2) is 0 Å². The Kier molecular flexibility index (Phi) is 2.17. The van der Waals surface area contributed by atoms with E-state index in [0.29, 0.717) is 6.10 Å². The second kappa shape index (κ2) is 3.14. The van der Waals surface area contributed by atoms with E-state index in [0.717, 1.165) is 11.8 Å².